The summed E-state index contributed by atoms with van der Waals surface area (Å²) in [7, 11) is 3.60. The fourth-order valence-corrected chi connectivity index (χ4v) is 1.36. The molecule has 1 rings (SSSR count). The van der Waals surface area contributed by atoms with E-state index < -0.39 is 17.5 Å². The van der Waals surface area contributed by atoms with E-state index in [0.717, 1.165) is 12.6 Å². The average molecular weight is 232 g/mol. The Balaban J connectivity index is 2.70. The van der Waals surface area contributed by atoms with Gasteiger partial charge in [-0.3, -0.25) is 0 Å². The summed E-state index contributed by atoms with van der Waals surface area (Å²) in [5.41, 5.74) is 0.164. The minimum Gasteiger partial charge on any atom is -0.318 e. The van der Waals surface area contributed by atoms with Gasteiger partial charge >= 0.3 is 0 Å². The van der Waals surface area contributed by atoms with Crippen LogP contribution in [0, 0.1) is 17.5 Å². The molecule has 16 heavy (non-hydrogen) atoms. The van der Waals surface area contributed by atoms with E-state index in [0.29, 0.717) is 6.54 Å². The van der Waals surface area contributed by atoms with Gasteiger partial charge in [0, 0.05) is 25.2 Å². The van der Waals surface area contributed by atoms with Crippen LogP contribution in [0.3, 0.4) is 0 Å². The number of likely N-dealkylation sites (N-methyl/N-ethyl adjacent to an activating group) is 2. The van der Waals surface area contributed by atoms with Gasteiger partial charge in [0.2, 0.25) is 0 Å². The van der Waals surface area contributed by atoms with E-state index in [1.54, 1.807) is 7.05 Å². The molecule has 90 valence electrons. The molecule has 0 unspecified atom stereocenters. The van der Waals surface area contributed by atoms with E-state index in [4.69, 9.17) is 0 Å². The monoisotopic (exact) mass is 232 g/mol. The first-order valence-electron chi connectivity index (χ1n) is 5.01. The lowest BCUT2D eigenvalue weighted by atomic mass is 10.2. The number of nitrogens with one attached hydrogen (secondary N) is 1. The Morgan fingerprint density at radius 1 is 1.19 bits per heavy atom. The number of halogens is 3. The Morgan fingerprint density at radius 2 is 1.88 bits per heavy atom. The highest BCUT2D eigenvalue weighted by Crippen LogP contribution is 2.16. The van der Waals surface area contributed by atoms with Gasteiger partial charge in [-0.05, 0) is 20.2 Å². The van der Waals surface area contributed by atoms with Gasteiger partial charge in [-0.2, -0.15) is 0 Å². The smallest absolute Gasteiger partial charge is 0.194 e. The SMILES string of the molecule is CNCCN(C)Cc1ccc(F)c(F)c1F. The Bertz CT molecular complexity index is 355. The van der Waals surface area contributed by atoms with E-state index in [2.05, 4.69) is 5.32 Å². The first kappa shape index (κ1) is 13.0. The largest absolute Gasteiger partial charge is 0.318 e. The highest BCUT2D eigenvalue weighted by Gasteiger charge is 2.14. The zero-order chi connectivity index (χ0) is 12.1. The van der Waals surface area contributed by atoms with Crippen molar-refractivity contribution in [2.45, 2.75) is 6.54 Å². The van der Waals surface area contributed by atoms with Crippen LogP contribution in [-0.4, -0.2) is 32.1 Å². The van der Waals surface area contributed by atoms with E-state index in [-0.39, 0.29) is 12.1 Å². The van der Waals surface area contributed by atoms with Gasteiger partial charge in [-0.1, -0.05) is 6.07 Å². The summed E-state index contributed by atoms with van der Waals surface area (Å²) in [5, 5.41) is 2.95. The van der Waals surface area contributed by atoms with Crippen LogP contribution >= 0.6 is 0 Å². The molecule has 0 heterocycles. The first-order valence-corrected chi connectivity index (χ1v) is 5.01. The van der Waals surface area contributed by atoms with Crippen LogP contribution < -0.4 is 5.32 Å². The summed E-state index contributed by atoms with van der Waals surface area (Å²) in [6.45, 7) is 1.71. The van der Waals surface area contributed by atoms with Crippen LogP contribution in [0.4, 0.5) is 13.2 Å². The molecule has 0 saturated carbocycles. The molecule has 5 heteroatoms. The van der Waals surface area contributed by atoms with E-state index >= 15 is 0 Å². The summed E-state index contributed by atoms with van der Waals surface area (Å²) < 4.78 is 38.9. The molecule has 0 bridgehead atoms. The van der Waals surface area contributed by atoms with Gasteiger partial charge in [0.05, 0.1) is 0 Å². The van der Waals surface area contributed by atoms with Crippen LogP contribution in [0.5, 0.6) is 0 Å². The molecule has 0 aromatic heterocycles. The maximum atomic E-state index is 13.3. The van der Waals surface area contributed by atoms with Crippen molar-refractivity contribution in [2.75, 3.05) is 27.2 Å². The molecular weight excluding hydrogens is 217 g/mol. The molecule has 2 nitrogen and oxygen atoms in total. The summed E-state index contributed by atoms with van der Waals surface area (Å²) in [6, 6.07) is 2.21. The number of hydrogen-bond donors (Lipinski definition) is 1. The maximum absolute atomic E-state index is 13.3. The molecule has 1 aromatic carbocycles. The first-order chi connectivity index (χ1) is 7.56. The minimum absolute atomic E-state index is 0.164. The predicted octanol–water partition coefficient (Wildman–Crippen LogP) is 1.76. The van der Waals surface area contributed by atoms with Crippen molar-refractivity contribution in [1.82, 2.24) is 10.2 Å². The number of hydrogen-bond acceptors (Lipinski definition) is 2. The Hall–Kier alpha value is -1.07. The second kappa shape index (κ2) is 5.86. The second-order valence-electron chi connectivity index (χ2n) is 3.68. The topological polar surface area (TPSA) is 15.3 Å². The molecule has 0 aliphatic rings. The number of benzene rings is 1. The average Bonchev–Trinajstić information content (AvgIpc) is 2.27. The lowest BCUT2D eigenvalue weighted by Crippen LogP contribution is -2.27. The van der Waals surface area contributed by atoms with Crippen molar-refractivity contribution >= 4 is 0 Å². The van der Waals surface area contributed by atoms with E-state index in [9.17, 15) is 13.2 Å². The molecule has 0 atom stereocenters. The van der Waals surface area contributed by atoms with Crippen molar-refractivity contribution in [1.29, 1.82) is 0 Å². The van der Waals surface area contributed by atoms with Crippen LogP contribution in [0.1, 0.15) is 5.56 Å². The predicted molar refractivity (Wildman–Crippen MR) is 56.6 cm³/mol. The number of rotatable bonds is 5. The molecule has 1 N–H and O–H groups in total. The minimum atomic E-state index is -1.40. The Kier molecular flexibility index (Phi) is 4.76. The third-order valence-corrected chi connectivity index (χ3v) is 2.30. The van der Waals surface area contributed by atoms with Crippen molar-refractivity contribution < 1.29 is 13.2 Å². The highest BCUT2D eigenvalue weighted by molar-refractivity contribution is 5.20. The molecule has 0 fully saturated rings. The third-order valence-electron chi connectivity index (χ3n) is 2.30. The molecule has 0 aliphatic carbocycles. The quantitative estimate of drug-likeness (QED) is 0.778. The molecule has 0 spiro atoms. The lowest BCUT2D eigenvalue weighted by molar-refractivity contribution is 0.318. The molecule has 0 saturated heterocycles. The van der Waals surface area contributed by atoms with Crippen molar-refractivity contribution in [3.63, 3.8) is 0 Å². The fourth-order valence-electron chi connectivity index (χ4n) is 1.36. The third kappa shape index (κ3) is 3.21. The standard InChI is InChI=1S/C11H15F3N2/c1-15-5-6-16(2)7-8-3-4-9(12)11(14)10(8)13/h3-4,15H,5-7H2,1-2H3. The normalized spacial score (nSPS) is 11.1. The van der Waals surface area contributed by atoms with E-state index in [1.807, 2.05) is 11.9 Å². The zero-order valence-electron chi connectivity index (χ0n) is 9.36. The van der Waals surface area contributed by atoms with Gasteiger partial charge in [0.15, 0.2) is 17.5 Å². The van der Waals surface area contributed by atoms with Gasteiger partial charge in [0.25, 0.3) is 0 Å². The Labute approximate surface area is 93.1 Å². The lowest BCUT2D eigenvalue weighted by Gasteiger charge is -2.16. The second-order valence-corrected chi connectivity index (χ2v) is 3.68. The highest BCUT2D eigenvalue weighted by atomic mass is 19.2. The summed E-state index contributed by atoms with van der Waals surface area (Å²) in [6.07, 6.45) is 0. The van der Waals surface area contributed by atoms with Gasteiger partial charge < -0.3 is 10.2 Å². The van der Waals surface area contributed by atoms with Crippen LogP contribution in [0.15, 0.2) is 12.1 Å². The van der Waals surface area contributed by atoms with Crippen LogP contribution in [0.2, 0.25) is 0 Å². The van der Waals surface area contributed by atoms with Crippen molar-refractivity contribution in [2.24, 2.45) is 0 Å². The molecular formula is C11H15F3N2. The van der Waals surface area contributed by atoms with Crippen molar-refractivity contribution in [3.8, 4) is 0 Å². The molecule has 1 aromatic rings. The fraction of sp³-hybridized carbons (Fsp3) is 0.455. The van der Waals surface area contributed by atoms with Crippen LogP contribution in [-0.2, 0) is 6.54 Å². The molecule has 0 radical (unpaired) electrons. The van der Waals surface area contributed by atoms with Gasteiger partial charge in [-0.15, -0.1) is 0 Å². The van der Waals surface area contributed by atoms with Crippen LogP contribution in [0.25, 0.3) is 0 Å². The van der Waals surface area contributed by atoms with Gasteiger partial charge in [-0.25, -0.2) is 13.2 Å². The summed E-state index contributed by atoms with van der Waals surface area (Å²) >= 11 is 0. The molecule has 0 aliphatic heterocycles. The summed E-state index contributed by atoms with van der Waals surface area (Å²) in [5.74, 6) is -3.66. The maximum Gasteiger partial charge on any atom is 0.194 e. The van der Waals surface area contributed by atoms with Gasteiger partial charge in [0.1, 0.15) is 0 Å². The van der Waals surface area contributed by atoms with E-state index in [1.165, 1.54) is 6.07 Å². The van der Waals surface area contributed by atoms with Crippen molar-refractivity contribution in [3.05, 3.63) is 35.1 Å². The Morgan fingerprint density at radius 3 is 2.50 bits per heavy atom. The zero-order valence-corrected chi connectivity index (χ0v) is 9.36. The molecule has 0 amide bonds. The summed E-state index contributed by atoms with van der Waals surface area (Å²) in [4.78, 5) is 1.83. The number of nitrogens with zero attached hydrogens (tertiary/aromatic N) is 1.